The lowest BCUT2D eigenvalue weighted by molar-refractivity contribution is -0.136. The summed E-state index contributed by atoms with van der Waals surface area (Å²) in [4.78, 5) is 14.4. The first-order chi connectivity index (χ1) is 8.00. The summed E-state index contributed by atoms with van der Waals surface area (Å²) in [5.41, 5.74) is -0.404. The zero-order valence-corrected chi connectivity index (χ0v) is 11.7. The highest BCUT2D eigenvalue weighted by atomic mass is 16.5. The molecule has 17 heavy (non-hydrogen) atoms. The highest BCUT2D eigenvalue weighted by molar-refractivity contribution is 5.88. The molecule has 1 saturated heterocycles. The minimum atomic E-state index is -0.404. The summed E-state index contributed by atoms with van der Waals surface area (Å²) in [5, 5.41) is 3.40. The first-order valence-corrected chi connectivity index (χ1v) is 6.59. The van der Waals surface area contributed by atoms with Crippen LogP contribution in [-0.2, 0) is 9.53 Å². The Kier molecular flexibility index (Phi) is 4.95. The summed E-state index contributed by atoms with van der Waals surface area (Å²) in [6.45, 7) is 8.84. The van der Waals surface area contributed by atoms with Crippen LogP contribution in [0.2, 0.25) is 0 Å². The van der Waals surface area contributed by atoms with Crippen LogP contribution in [0.25, 0.3) is 0 Å². The average molecular weight is 242 g/mol. The van der Waals surface area contributed by atoms with Crippen LogP contribution in [0.15, 0.2) is 0 Å². The molecule has 0 aromatic rings. The molecule has 1 aliphatic rings. The predicted molar refractivity (Wildman–Crippen MR) is 68.7 cm³/mol. The molecule has 1 N–H and O–H groups in total. The van der Waals surface area contributed by atoms with Gasteiger partial charge in [-0.1, -0.05) is 20.3 Å². The molecule has 3 atom stereocenters. The minimum Gasteiger partial charge on any atom is -0.383 e. The Morgan fingerprint density at radius 2 is 2.18 bits per heavy atom. The lowest BCUT2D eigenvalue weighted by Crippen LogP contribution is -2.46. The van der Waals surface area contributed by atoms with E-state index in [-0.39, 0.29) is 18.1 Å². The van der Waals surface area contributed by atoms with Gasteiger partial charge in [0, 0.05) is 7.11 Å². The molecule has 0 aliphatic carbocycles. The van der Waals surface area contributed by atoms with Gasteiger partial charge >= 0.3 is 0 Å². The fourth-order valence-electron chi connectivity index (χ4n) is 2.62. The molecule has 1 fully saturated rings. The Morgan fingerprint density at radius 3 is 2.59 bits per heavy atom. The van der Waals surface area contributed by atoms with E-state index in [0.717, 1.165) is 19.3 Å². The molecule has 100 valence electrons. The fourth-order valence-corrected chi connectivity index (χ4v) is 2.62. The molecule has 0 bridgehead atoms. The quantitative estimate of drug-likeness (QED) is 0.771. The Balaban J connectivity index is 2.84. The summed E-state index contributed by atoms with van der Waals surface area (Å²) in [5.74, 6) is 0.211. The molecule has 0 aromatic heterocycles. The molecule has 1 heterocycles. The van der Waals surface area contributed by atoms with Gasteiger partial charge in [0.25, 0.3) is 0 Å². The van der Waals surface area contributed by atoms with Gasteiger partial charge in [0.1, 0.15) is 0 Å². The van der Waals surface area contributed by atoms with E-state index in [2.05, 4.69) is 19.2 Å². The molecule has 1 rings (SSSR count). The van der Waals surface area contributed by atoms with Crippen molar-refractivity contribution in [3.63, 3.8) is 0 Å². The summed E-state index contributed by atoms with van der Waals surface area (Å²) in [7, 11) is 1.69. The van der Waals surface area contributed by atoms with Crippen molar-refractivity contribution in [2.24, 2.45) is 0 Å². The normalized spacial score (nSPS) is 31.0. The topological polar surface area (TPSA) is 41.6 Å². The van der Waals surface area contributed by atoms with E-state index in [1.165, 1.54) is 0 Å². The predicted octanol–water partition coefficient (Wildman–Crippen LogP) is 1.75. The van der Waals surface area contributed by atoms with Gasteiger partial charge in [-0.3, -0.25) is 10.1 Å². The van der Waals surface area contributed by atoms with E-state index in [1.807, 2.05) is 18.7 Å². The Hall–Kier alpha value is -0.610. The molecule has 0 radical (unpaired) electrons. The molecule has 4 nitrogen and oxygen atoms in total. The van der Waals surface area contributed by atoms with Crippen molar-refractivity contribution in [1.29, 1.82) is 0 Å². The highest BCUT2D eigenvalue weighted by Crippen LogP contribution is 2.26. The van der Waals surface area contributed by atoms with Gasteiger partial charge in [-0.2, -0.15) is 0 Å². The molecule has 0 aromatic carbocycles. The smallest absolute Gasteiger partial charge is 0.244 e. The van der Waals surface area contributed by atoms with Gasteiger partial charge in [0.05, 0.1) is 24.4 Å². The van der Waals surface area contributed by atoms with Crippen LogP contribution in [0.4, 0.5) is 0 Å². The molecule has 4 heteroatoms. The van der Waals surface area contributed by atoms with Crippen molar-refractivity contribution >= 4 is 5.91 Å². The van der Waals surface area contributed by atoms with Gasteiger partial charge in [-0.25, -0.2) is 0 Å². The highest BCUT2D eigenvalue weighted by Gasteiger charge is 2.47. The van der Waals surface area contributed by atoms with Gasteiger partial charge in [0.15, 0.2) is 0 Å². The van der Waals surface area contributed by atoms with E-state index in [0.29, 0.717) is 6.61 Å². The van der Waals surface area contributed by atoms with Crippen LogP contribution in [0.1, 0.15) is 47.0 Å². The molecule has 0 spiro atoms. The van der Waals surface area contributed by atoms with Gasteiger partial charge in [-0.05, 0) is 26.7 Å². The fraction of sp³-hybridized carbons (Fsp3) is 0.923. The number of hydrogen-bond donors (Lipinski definition) is 1. The van der Waals surface area contributed by atoms with E-state index >= 15 is 0 Å². The summed E-state index contributed by atoms with van der Waals surface area (Å²) < 4.78 is 5.25. The maximum absolute atomic E-state index is 12.5. The first-order valence-electron chi connectivity index (χ1n) is 6.59. The standard InChI is InChI=1S/C13H26N2O2/c1-6-8-11(9-17-5)15-10(3)14-13(4,7-2)12(15)16/h10-11,14H,6-9H2,1-5H3. The third-order valence-corrected chi connectivity index (χ3v) is 3.73. The number of methoxy groups -OCH3 is 1. The molecule has 1 amide bonds. The van der Waals surface area contributed by atoms with Crippen LogP contribution in [0, 0.1) is 0 Å². The SMILES string of the molecule is CCCC(COC)N1C(=O)C(C)(CC)NC1C. The van der Waals surface area contributed by atoms with Gasteiger partial charge in [-0.15, -0.1) is 0 Å². The van der Waals surface area contributed by atoms with Crippen LogP contribution >= 0.6 is 0 Å². The average Bonchev–Trinajstić information content (AvgIpc) is 2.51. The maximum Gasteiger partial charge on any atom is 0.244 e. The Bertz CT molecular complexity index is 264. The second-order valence-electron chi connectivity index (χ2n) is 5.12. The number of amides is 1. The van der Waals surface area contributed by atoms with Crippen molar-refractivity contribution in [3.8, 4) is 0 Å². The number of nitrogens with zero attached hydrogens (tertiary/aromatic N) is 1. The summed E-state index contributed by atoms with van der Waals surface area (Å²) in [6.07, 6.45) is 2.97. The van der Waals surface area contributed by atoms with E-state index in [4.69, 9.17) is 4.74 Å². The largest absolute Gasteiger partial charge is 0.383 e. The van der Waals surface area contributed by atoms with Crippen molar-refractivity contribution in [2.45, 2.75) is 64.7 Å². The Morgan fingerprint density at radius 1 is 1.53 bits per heavy atom. The van der Waals surface area contributed by atoms with Gasteiger partial charge in [0.2, 0.25) is 5.91 Å². The van der Waals surface area contributed by atoms with Crippen LogP contribution in [0.3, 0.4) is 0 Å². The zero-order valence-electron chi connectivity index (χ0n) is 11.7. The van der Waals surface area contributed by atoms with Crippen molar-refractivity contribution in [3.05, 3.63) is 0 Å². The van der Waals surface area contributed by atoms with Crippen molar-refractivity contribution in [2.75, 3.05) is 13.7 Å². The van der Waals surface area contributed by atoms with E-state index in [9.17, 15) is 4.79 Å². The molecule has 0 saturated carbocycles. The molecular weight excluding hydrogens is 216 g/mol. The van der Waals surface area contributed by atoms with Crippen molar-refractivity contribution in [1.82, 2.24) is 10.2 Å². The van der Waals surface area contributed by atoms with Gasteiger partial charge < -0.3 is 9.64 Å². The molecular formula is C13H26N2O2. The third kappa shape index (κ3) is 2.80. The molecule has 1 aliphatic heterocycles. The lowest BCUT2D eigenvalue weighted by Gasteiger charge is -2.31. The van der Waals surface area contributed by atoms with Crippen molar-refractivity contribution < 1.29 is 9.53 Å². The zero-order chi connectivity index (χ0) is 13.1. The Labute approximate surface area is 105 Å². The number of nitrogens with one attached hydrogen (secondary N) is 1. The monoisotopic (exact) mass is 242 g/mol. The maximum atomic E-state index is 12.5. The van der Waals surface area contributed by atoms with Crippen LogP contribution in [-0.4, -0.2) is 42.3 Å². The van der Waals surface area contributed by atoms with E-state index in [1.54, 1.807) is 7.11 Å². The first kappa shape index (κ1) is 14.5. The van der Waals surface area contributed by atoms with Crippen LogP contribution < -0.4 is 5.32 Å². The number of carbonyl (C=O) groups excluding carboxylic acids is 1. The summed E-state index contributed by atoms with van der Waals surface area (Å²) >= 11 is 0. The third-order valence-electron chi connectivity index (χ3n) is 3.73. The minimum absolute atomic E-state index is 0.0964. The summed E-state index contributed by atoms with van der Waals surface area (Å²) in [6, 6.07) is 0.188. The second kappa shape index (κ2) is 5.83. The van der Waals surface area contributed by atoms with Crippen LogP contribution in [0.5, 0.6) is 0 Å². The number of carbonyl (C=O) groups is 1. The second-order valence-corrected chi connectivity index (χ2v) is 5.12. The number of ether oxygens (including phenoxy) is 1. The number of hydrogen-bond acceptors (Lipinski definition) is 3. The molecule has 3 unspecified atom stereocenters. The lowest BCUT2D eigenvalue weighted by atomic mass is 9.98. The van der Waals surface area contributed by atoms with E-state index < -0.39 is 5.54 Å². The number of rotatable bonds is 6.